The van der Waals surface area contributed by atoms with Crippen LogP contribution in [-0.2, 0) is 6.42 Å². The van der Waals surface area contributed by atoms with Gasteiger partial charge in [-0.1, -0.05) is 6.92 Å². The van der Waals surface area contributed by atoms with Crippen molar-refractivity contribution in [2.75, 3.05) is 12.4 Å². The van der Waals surface area contributed by atoms with Gasteiger partial charge in [-0.25, -0.2) is 0 Å². The monoisotopic (exact) mass is 248 g/mol. The summed E-state index contributed by atoms with van der Waals surface area (Å²) in [6.07, 6.45) is 5.61. The average Bonchev–Trinajstić information content (AvgIpc) is 2.41. The highest BCUT2D eigenvalue weighted by molar-refractivity contribution is 5.51. The van der Waals surface area contributed by atoms with Gasteiger partial charge in [-0.2, -0.15) is 0 Å². The molecule has 0 spiro atoms. The number of methoxy groups -OCH3 is 1. The number of ether oxygens (including phenoxy) is 1. The topological polar surface area (TPSA) is 47.3 Å². The summed E-state index contributed by atoms with van der Waals surface area (Å²) < 4.78 is 5.35. The fourth-order valence-corrected chi connectivity index (χ4v) is 2.64. The largest absolute Gasteiger partial charge is 0.496 e. The van der Waals surface area contributed by atoms with E-state index in [0.717, 1.165) is 25.0 Å². The van der Waals surface area contributed by atoms with Gasteiger partial charge in [0.1, 0.15) is 5.75 Å². The molecule has 1 aliphatic carbocycles. The molecule has 1 aromatic rings. The number of rotatable bonds is 4. The SMILES string of the molecule is CCc1cc(NC2CCC(N)CC2)ccc1OC. The summed E-state index contributed by atoms with van der Waals surface area (Å²) in [5, 5.41) is 3.62. The molecule has 0 atom stereocenters. The van der Waals surface area contributed by atoms with Crippen molar-refractivity contribution in [2.45, 2.75) is 51.1 Å². The quantitative estimate of drug-likeness (QED) is 0.861. The number of hydrogen-bond donors (Lipinski definition) is 2. The molecule has 0 unspecified atom stereocenters. The zero-order chi connectivity index (χ0) is 13.0. The Morgan fingerprint density at radius 1 is 1.28 bits per heavy atom. The molecule has 3 heteroatoms. The molecular formula is C15H24N2O. The molecule has 1 aromatic carbocycles. The summed E-state index contributed by atoms with van der Waals surface area (Å²) in [5.41, 5.74) is 8.39. The second-order valence-electron chi connectivity index (χ2n) is 5.14. The van der Waals surface area contributed by atoms with Crippen LogP contribution in [0.4, 0.5) is 5.69 Å². The Kier molecular flexibility index (Phi) is 4.48. The number of aryl methyl sites for hydroxylation is 1. The molecule has 0 heterocycles. The van der Waals surface area contributed by atoms with E-state index in [1.54, 1.807) is 7.11 Å². The standard InChI is InChI=1S/C15H24N2O/c1-3-11-10-14(8-9-15(11)18-2)17-13-6-4-12(16)5-7-13/h8-10,12-13,17H,3-7,16H2,1-2H3. The predicted octanol–water partition coefficient (Wildman–Crippen LogP) is 2.94. The first-order valence-electron chi connectivity index (χ1n) is 6.92. The predicted molar refractivity (Wildman–Crippen MR) is 76.2 cm³/mol. The molecule has 0 saturated heterocycles. The Balaban J connectivity index is 2.01. The number of hydrogen-bond acceptors (Lipinski definition) is 3. The minimum absolute atomic E-state index is 0.408. The molecule has 2 rings (SSSR count). The van der Waals surface area contributed by atoms with Crippen LogP contribution in [0.2, 0.25) is 0 Å². The molecule has 0 aliphatic heterocycles. The zero-order valence-electron chi connectivity index (χ0n) is 11.4. The summed E-state index contributed by atoms with van der Waals surface area (Å²) in [6.45, 7) is 2.15. The Morgan fingerprint density at radius 2 is 2.00 bits per heavy atom. The van der Waals surface area contributed by atoms with E-state index in [2.05, 4.69) is 30.4 Å². The molecule has 1 fully saturated rings. The lowest BCUT2D eigenvalue weighted by molar-refractivity contribution is 0.408. The lowest BCUT2D eigenvalue weighted by atomic mass is 9.91. The Bertz CT molecular complexity index is 384. The number of anilines is 1. The average molecular weight is 248 g/mol. The summed E-state index contributed by atoms with van der Waals surface area (Å²) >= 11 is 0. The maximum absolute atomic E-state index is 5.93. The smallest absolute Gasteiger partial charge is 0.122 e. The van der Waals surface area contributed by atoms with Crippen LogP contribution in [0.15, 0.2) is 18.2 Å². The zero-order valence-corrected chi connectivity index (χ0v) is 11.4. The Hall–Kier alpha value is -1.22. The number of nitrogens with one attached hydrogen (secondary N) is 1. The molecule has 18 heavy (non-hydrogen) atoms. The van der Waals surface area contributed by atoms with Gasteiger partial charge in [-0.05, 0) is 55.9 Å². The molecule has 100 valence electrons. The molecule has 3 N–H and O–H groups in total. The summed E-state index contributed by atoms with van der Waals surface area (Å²) in [7, 11) is 1.73. The normalized spacial score (nSPS) is 23.7. The van der Waals surface area contributed by atoms with Gasteiger partial charge in [0, 0.05) is 17.8 Å². The van der Waals surface area contributed by atoms with Crippen LogP contribution in [0.3, 0.4) is 0 Å². The molecule has 1 saturated carbocycles. The van der Waals surface area contributed by atoms with Crippen LogP contribution in [0.5, 0.6) is 5.75 Å². The summed E-state index contributed by atoms with van der Waals surface area (Å²) in [5.74, 6) is 0.980. The molecule has 0 radical (unpaired) electrons. The van der Waals surface area contributed by atoms with Crippen molar-refractivity contribution in [3.8, 4) is 5.75 Å². The van der Waals surface area contributed by atoms with Crippen molar-refractivity contribution < 1.29 is 4.74 Å². The highest BCUT2D eigenvalue weighted by atomic mass is 16.5. The molecule has 1 aliphatic rings. The van der Waals surface area contributed by atoms with Gasteiger partial charge in [0.25, 0.3) is 0 Å². The third kappa shape index (κ3) is 3.16. The van der Waals surface area contributed by atoms with Crippen LogP contribution in [-0.4, -0.2) is 19.2 Å². The van der Waals surface area contributed by atoms with Crippen molar-refractivity contribution in [3.05, 3.63) is 23.8 Å². The first-order chi connectivity index (χ1) is 8.72. The lowest BCUT2D eigenvalue weighted by Crippen LogP contribution is -2.32. The van der Waals surface area contributed by atoms with Crippen molar-refractivity contribution in [1.29, 1.82) is 0 Å². The molecular weight excluding hydrogens is 224 g/mol. The van der Waals surface area contributed by atoms with Gasteiger partial charge >= 0.3 is 0 Å². The van der Waals surface area contributed by atoms with Gasteiger partial charge in [0.05, 0.1) is 7.11 Å². The van der Waals surface area contributed by atoms with Crippen LogP contribution >= 0.6 is 0 Å². The maximum atomic E-state index is 5.93. The van der Waals surface area contributed by atoms with E-state index >= 15 is 0 Å². The van der Waals surface area contributed by atoms with Gasteiger partial charge in [-0.3, -0.25) is 0 Å². The fourth-order valence-electron chi connectivity index (χ4n) is 2.64. The highest BCUT2D eigenvalue weighted by Gasteiger charge is 2.18. The lowest BCUT2D eigenvalue weighted by Gasteiger charge is -2.27. The minimum Gasteiger partial charge on any atom is -0.496 e. The van der Waals surface area contributed by atoms with Crippen molar-refractivity contribution in [2.24, 2.45) is 5.73 Å². The van der Waals surface area contributed by atoms with E-state index < -0.39 is 0 Å². The van der Waals surface area contributed by atoms with Gasteiger partial charge in [-0.15, -0.1) is 0 Å². The van der Waals surface area contributed by atoms with E-state index in [0.29, 0.717) is 12.1 Å². The molecule has 0 aromatic heterocycles. The van der Waals surface area contributed by atoms with Gasteiger partial charge in [0.15, 0.2) is 0 Å². The Labute approximate surface area is 110 Å². The second kappa shape index (κ2) is 6.10. The summed E-state index contributed by atoms with van der Waals surface area (Å²) in [4.78, 5) is 0. The van der Waals surface area contributed by atoms with E-state index in [-0.39, 0.29) is 0 Å². The van der Waals surface area contributed by atoms with Gasteiger partial charge in [0.2, 0.25) is 0 Å². The van der Waals surface area contributed by atoms with E-state index in [1.165, 1.54) is 24.1 Å². The first-order valence-corrected chi connectivity index (χ1v) is 6.92. The maximum Gasteiger partial charge on any atom is 0.122 e. The number of benzene rings is 1. The van der Waals surface area contributed by atoms with Crippen LogP contribution in [0.1, 0.15) is 38.2 Å². The third-order valence-electron chi connectivity index (χ3n) is 3.80. The van der Waals surface area contributed by atoms with E-state index in [9.17, 15) is 0 Å². The number of nitrogens with two attached hydrogens (primary N) is 1. The first kappa shape index (κ1) is 13.2. The van der Waals surface area contributed by atoms with Crippen molar-refractivity contribution in [1.82, 2.24) is 0 Å². The summed E-state index contributed by atoms with van der Waals surface area (Å²) in [6, 6.07) is 7.34. The van der Waals surface area contributed by atoms with E-state index in [4.69, 9.17) is 10.5 Å². The third-order valence-corrected chi connectivity index (χ3v) is 3.80. The van der Waals surface area contributed by atoms with Crippen LogP contribution < -0.4 is 15.8 Å². The molecule has 0 amide bonds. The van der Waals surface area contributed by atoms with Crippen LogP contribution in [0, 0.1) is 0 Å². The van der Waals surface area contributed by atoms with E-state index in [1.807, 2.05) is 0 Å². The fraction of sp³-hybridized carbons (Fsp3) is 0.600. The minimum atomic E-state index is 0.408. The Morgan fingerprint density at radius 3 is 2.61 bits per heavy atom. The van der Waals surface area contributed by atoms with Gasteiger partial charge < -0.3 is 15.8 Å². The van der Waals surface area contributed by atoms with Crippen molar-refractivity contribution in [3.63, 3.8) is 0 Å². The van der Waals surface area contributed by atoms with Crippen molar-refractivity contribution >= 4 is 5.69 Å². The second-order valence-corrected chi connectivity index (χ2v) is 5.14. The molecule has 3 nitrogen and oxygen atoms in total. The molecule has 0 bridgehead atoms. The van der Waals surface area contributed by atoms with Crippen LogP contribution in [0.25, 0.3) is 0 Å². The highest BCUT2D eigenvalue weighted by Crippen LogP contribution is 2.26.